The first-order valence-corrected chi connectivity index (χ1v) is 10.2. The minimum Gasteiger partial charge on any atom is -0.389 e. The third kappa shape index (κ3) is 4.13. The third-order valence-electron chi connectivity index (χ3n) is 5.48. The third-order valence-corrected chi connectivity index (χ3v) is 5.48. The summed E-state index contributed by atoms with van der Waals surface area (Å²) in [6.07, 6.45) is 1.88. The van der Waals surface area contributed by atoms with E-state index in [-0.39, 0.29) is 11.7 Å². The molecule has 0 aliphatic rings. The zero-order valence-electron chi connectivity index (χ0n) is 17.3. The van der Waals surface area contributed by atoms with Crippen molar-refractivity contribution in [1.29, 1.82) is 0 Å². The van der Waals surface area contributed by atoms with Crippen LogP contribution in [0.5, 0.6) is 0 Å². The van der Waals surface area contributed by atoms with E-state index >= 15 is 0 Å². The molecule has 0 aliphatic carbocycles. The number of allylic oxidation sites excluding steroid dienone is 1. The molecule has 0 saturated heterocycles. The highest BCUT2D eigenvalue weighted by Crippen LogP contribution is 2.34. The first-order chi connectivity index (χ1) is 14.5. The van der Waals surface area contributed by atoms with E-state index in [1.165, 1.54) is 23.3 Å². The molecule has 2 atom stereocenters. The maximum Gasteiger partial charge on any atom is 0.123 e. The van der Waals surface area contributed by atoms with Gasteiger partial charge in [0.1, 0.15) is 5.82 Å². The molecule has 0 fully saturated rings. The summed E-state index contributed by atoms with van der Waals surface area (Å²) < 4.78 is 15.1. The number of rotatable bonds is 7. The molecule has 4 heteroatoms. The molecule has 1 heterocycles. The zero-order valence-corrected chi connectivity index (χ0v) is 17.3. The number of benzene rings is 3. The van der Waals surface area contributed by atoms with Crippen LogP contribution in [0.2, 0.25) is 0 Å². The van der Waals surface area contributed by atoms with Crippen molar-refractivity contribution in [3.05, 3.63) is 108 Å². The second-order valence-corrected chi connectivity index (χ2v) is 7.88. The molecular formula is C26H26FN3. The van der Waals surface area contributed by atoms with Crippen molar-refractivity contribution in [2.75, 3.05) is 6.54 Å². The molecule has 4 aromatic rings. The Morgan fingerprint density at radius 3 is 2.47 bits per heavy atom. The molecule has 0 saturated carbocycles. The molecule has 0 aliphatic heterocycles. The minimum absolute atomic E-state index is 0.247. The maximum atomic E-state index is 13.3. The van der Waals surface area contributed by atoms with Gasteiger partial charge in [0.05, 0.1) is 17.4 Å². The fraction of sp³-hybridized carbons (Fsp3) is 0.192. The Hall–Kier alpha value is -3.40. The number of fused-ring (bicyclic) bond motifs is 1. The van der Waals surface area contributed by atoms with Gasteiger partial charge >= 0.3 is 0 Å². The topological polar surface area (TPSA) is 29.9 Å². The van der Waals surface area contributed by atoms with Crippen LogP contribution in [0.25, 0.3) is 16.6 Å². The van der Waals surface area contributed by atoms with E-state index in [1.54, 1.807) is 12.1 Å². The zero-order chi connectivity index (χ0) is 21.1. The lowest BCUT2D eigenvalue weighted by Crippen LogP contribution is -2.24. The van der Waals surface area contributed by atoms with Gasteiger partial charge in [0.25, 0.3) is 0 Å². The first-order valence-electron chi connectivity index (χ1n) is 10.2. The second kappa shape index (κ2) is 8.54. The fourth-order valence-electron chi connectivity index (χ4n) is 4.00. The lowest BCUT2D eigenvalue weighted by atomic mass is 9.81. The van der Waals surface area contributed by atoms with Gasteiger partial charge in [0.2, 0.25) is 0 Å². The van der Waals surface area contributed by atoms with Crippen LogP contribution in [0.15, 0.2) is 91.3 Å². The van der Waals surface area contributed by atoms with Crippen LogP contribution in [0, 0.1) is 11.7 Å². The van der Waals surface area contributed by atoms with Crippen molar-refractivity contribution in [1.82, 2.24) is 15.1 Å². The van der Waals surface area contributed by atoms with Gasteiger partial charge in [-0.15, -0.1) is 0 Å². The second-order valence-electron chi connectivity index (χ2n) is 7.88. The van der Waals surface area contributed by atoms with E-state index in [0.29, 0.717) is 5.92 Å². The number of hydrogen-bond donors (Lipinski definition) is 1. The van der Waals surface area contributed by atoms with Gasteiger partial charge in [0, 0.05) is 23.5 Å². The Morgan fingerprint density at radius 2 is 1.77 bits per heavy atom. The molecule has 152 valence electrons. The van der Waals surface area contributed by atoms with Gasteiger partial charge in [-0.25, -0.2) is 9.07 Å². The summed E-state index contributed by atoms with van der Waals surface area (Å²) in [5.74, 6) is 0.367. The molecule has 0 bridgehead atoms. The van der Waals surface area contributed by atoms with Crippen LogP contribution in [-0.2, 0) is 0 Å². The van der Waals surface area contributed by atoms with Crippen LogP contribution in [-0.4, -0.2) is 16.3 Å². The van der Waals surface area contributed by atoms with E-state index in [4.69, 9.17) is 0 Å². The van der Waals surface area contributed by atoms with Crippen LogP contribution in [0.1, 0.15) is 30.9 Å². The highest BCUT2D eigenvalue weighted by atomic mass is 19.1. The molecule has 1 N–H and O–H groups in total. The predicted octanol–water partition coefficient (Wildman–Crippen LogP) is 6.06. The fourth-order valence-corrected chi connectivity index (χ4v) is 4.00. The Bertz CT molecular complexity index is 1150. The molecule has 1 aromatic heterocycles. The summed E-state index contributed by atoms with van der Waals surface area (Å²) in [5, 5.41) is 9.00. The summed E-state index contributed by atoms with van der Waals surface area (Å²) in [6, 6.07) is 23.5. The summed E-state index contributed by atoms with van der Waals surface area (Å²) in [5.41, 5.74) is 5.37. The standard InChI is InChI=1S/C26H26FN3/c1-18(2)28-16-19(3)26(20-7-5-4-6-8-20)21-9-14-25-22(15-21)17-29-30(25)24-12-10-23(27)11-13-24/h4-15,17,19,26,28H,1,16H2,2-3H3. The summed E-state index contributed by atoms with van der Waals surface area (Å²) in [6.45, 7) is 9.06. The Kier molecular flexibility index (Phi) is 5.66. The molecule has 2 unspecified atom stereocenters. The number of nitrogens with zero attached hydrogens (tertiary/aromatic N) is 2. The highest BCUT2D eigenvalue weighted by molar-refractivity contribution is 5.81. The average molecular weight is 400 g/mol. The maximum absolute atomic E-state index is 13.3. The normalized spacial score (nSPS) is 13.2. The van der Waals surface area contributed by atoms with Crippen molar-refractivity contribution in [2.24, 2.45) is 5.92 Å². The number of aromatic nitrogens is 2. The van der Waals surface area contributed by atoms with Crippen LogP contribution >= 0.6 is 0 Å². The summed E-state index contributed by atoms with van der Waals surface area (Å²) >= 11 is 0. The molecule has 0 radical (unpaired) electrons. The van der Waals surface area contributed by atoms with Crippen LogP contribution in [0.4, 0.5) is 4.39 Å². The molecule has 4 rings (SSSR count). The van der Waals surface area contributed by atoms with Crippen LogP contribution < -0.4 is 5.32 Å². The van der Waals surface area contributed by atoms with Crippen molar-refractivity contribution in [3.63, 3.8) is 0 Å². The van der Waals surface area contributed by atoms with Gasteiger partial charge < -0.3 is 5.32 Å². The van der Waals surface area contributed by atoms with Gasteiger partial charge in [-0.3, -0.25) is 0 Å². The predicted molar refractivity (Wildman–Crippen MR) is 121 cm³/mol. The van der Waals surface area contributed by atoms with E-state index in [2.05, 4.69) is 66.4 Å². The molecule has 3 nitrogen and oxygen atoms in total. The van der Waals surface area contributed by atoms with Crippen LogP contribution in [0.3, 0.4) is 0 Å². The van der Waals surface area contributed by atoms with Gasteiger partial charge in [0.15, 0.2) is 0 Å². The van der Waals surface area contributed by atoms with Crippen molar-refractivity contribution >= 4 is 10.9 Å². The summed E-state index contributed by atoms with van der Waals surface area (Å²) in [7, 11) is 0. The minimum atomic E-state index is -0.249. The smallest absolute Gasteiger partial charge is 0.123 e. The van der Waals surface area contributed by atoms with E-state index in [0.717, 1.165) is 28.8 Å². The van der Waals surface area contributed by atoms with Gasteiger partial charge in [-0.2, -0.15) is 5.10 Å². The number of nitrogens with one attached hydrogen (secondary N) is 1. The van der Waals surface area contributed by atoms with Crippen molar-refractivity contribution < 1.29 is 4.39 Å². The molecule has 0 amide bonds. The Balaban J connectivity index is 1.73. The lowest BCUT2D eigenvalue weighted by Gasteiger charge is -2.26. The SMILES string of the molecule is C=C(C)NCC(C)C(c1ccccc1)c1ccc2c(cnn2-c2ccc(F)cc2)c1. The highest BCUT2D eigenvalue weighted by Gasteiger charge is 2.22. The lowest BCUT2D eigenvalue weighted by molar-refractivity contribution is 0.489. The Morgan fingerprint density at radius 1 is 1.03 bits per heavy atom. The first kappa shape index (κ1) is 19.9. The van der Waals surface area contributed by atoms with Gasteiger partial charge in [-0.1, -0.05) is 49.9 Å². The number of halogens is 1. The largest absolute Gasteiger partial charge is 0.389 e. The molecular weight excluding hydrogens is 373 g/mol. The summed E-state index contributed by atoms with van der Waals surface area (Å²) in [4.78, 5) is 0. The van der Waals surface area contributed by atoms with E-state index in [9.17, 15) is 4.39 Å². The van der Waals surface area contributed by atoms with Crippen molar-refractivity contribution in [3.8, 4) is 5.69 Å². The van der Waals surface area contributed by atoms with Crippen molar-refractivity contribution in [2.45, 2.75) is 19.8 Å². The molecule has 30 heavy (non-hydrogen) atoms. The molecule has 3 aromatic carbocycles. The Labute approximate surface area is 176 Å². The number of hydrogen-bond acceptors (Lipinski definition) is 2. The average Bonchev–Trinajstić information content (AvgIpc) is 3.17. The monoisotopic (exact) mass is 399 g/mol. The van der Waals surface area contributed by atoms with E-state index in [1.807, 2.05) is 23.9 Å². The van der Waals surface area contributed by atoms with Gasteiger partial charge in [-0.05, 0) is 60.4 Å². The quantitative estimate of drug-likeness (QED) is 0.410. The molecule has 0 spiro atoms. The van der Waals surface area contributed by atoms with E-state index < -0.39 is 0 Å².